The molecule has 0 rings (SSSR count). The molecule has 0 heterocycles. The Bertz CT molecular complexity index is 153. The molecule has 0 saturated carbocycles. The maximum Gasteiger partial charge on any atom is 0.0781 e. The van der Waals surface area contributed by atoms with Gasteiger partial charge in [0.05, 0.1) is 19.3 Å². The van der Waals surface area contributed by atoms with Crippen molar-refractivity contribution in [3.05, 3.63) is 0 Å². The molecule has 16 heavy (non-hydrogen) atoms. The smallest absolute Gasteiger partial charge is 0.0781 e. The van der Waals surface area contributed by atoms with Crippen LogP contribution in [0.5, 0.6) is 0 Å². The Labute approximate surface area is 101 Å². The molecule has 0 aliphatic rings. The lowest BCUT2D eigenvalue weighted by Gasteiger charge is -2.25. The molecule has 98 valence electrons. The third-order valence-corrected chi connectivity index (χ3v) is 2.95. The highest BCUT2D eigenvalue weighted by Crippen LogP contribution is 2.09. The lowest BCUT2D eigenvalue weighted by atomic mass is 10.00. The number of rotatable bonds is 10. The first-order valence-corrected chi connectivity index (χ1v) is 6.49. The molecule has 0 radical (unpaired) electrons. The first kappa shape index (κ1) is 15.9. The minimum absolute atomic E-state index is 0.181. The van der Waals surface area contributed by atoms with E-state index in [0.717, 1.165) is 13.2 Å². The first-order chi connectivity index (χ1) is 7.65. The van der Waals surface area contributed by atoms with Crippen LogP contribution in [0.25, 0.3) is 0 Å². The highest BCUT2D eigenvalue weighted by Gasteiger charge is 2.16. The Morgan fingerprint density at radius 3 is 2.31 bits per heavy atom. The van der Waals surface area contributed by atoms with Gasteiger partial charge in [-0.25, -0.2) is 0 Å². The summed E-state index contributed by atoms with van der Waals surface area (Å²) in [6.07, 6.45) is 2.53. The lowest BCUT2D eigenvalue weighted by molar-refractivity contribution is -0.00630. The minimum atomic E-state index is 0.181. The number of ether oxygens (including phenoxy) is 2. The lowest BCUT2D eigenvalue weighted by Crippen LogP contribution is -2.40. The summed E-state index contributed by atoms with van der Waals surface area (Å²) in [4.78, 5) is 0. The number of hydrogen-bond acceptors (Lipinski definition) is 3. The molecular weight excluding hydrogens is 202 g/mol. The van der Waals surface area contributed by atoms with Crippen molar-refractivity contribution in [1.29, 1.82) is 0 Å². The second-order valence-electron chi connectivity index (χ2n) is 4.55. The molecule has 0 aromatic heterocycles. The van der Waals surface area contributed by atoms with E-state index in [9.17, 15) is 0 Å². The van der Waals surface area contributed by atoms with E-state index in [2.05, 4.69) is 33.0 Å². The predicted molar refractivity (Wildman–Crippen MR) is 68.8 cm³/mol. The Hall–Kier alpha value is -0.120. The van der Waals surface area contributed by atoms with Gasteiger partial charge in [0.25, 0.3) is 0 Å². The number of nitrogens with one attached hydrogen (secondary N) is 1. The topological polar surface area (TPSA) is 30.5 Å². The quantitative estimate of drug-likeness (QED) is 0.626. The predicted octanol–water partition coefficient (Wildman–Crippen LogP) is 2.45. The van der Waals surface area contributed by atoms with Crippen LogP contribution in [0.1, 0.15) is 40.5 Å². The van der Waals surface area contributed by atoms with E-state index in [0.29, 0.717) is 18.6 Å². The van der Waals surface area contributed by atoms with Crippen LogP contribution in [-0.2, 0) is 9.47 Å². The van der Waals surface area contributed by atoms with Crippen LogP contribution in [-0.4, -0.2) is 39.0 Å². The fraction of sp³-hybridized carbons (Fsp3) is 1.00. The van der Waals surface area contributed by atoms with Gasteiger partial charge >= 0.3 is 0 Å². The van der Waals surface area contributed by atoms with Crippen LogP contribution >= 0.6 is 0 Å². The molecule has 1 N–H and O–H groups in total. The van der Waals surface area contributed by atoms with E-state index in [1.165, 1.54) is 12.8 Å². The monoisotopic (exact) mass is 231 g/mol. The number of methoxy groups -OCH3 is 1. The maximum atomic E-state index is 5.78. The molecule has 0 aromatic carbocycles. The van der Waals surface area contributed by atoms with Gasteiger partial charge in [0.1, 0.15) is 0 Å². The van der Waals surface area contributed by atoms with Gasteiger partial charge in [0.15, 0.2) is 0 Å². The van der Waals surface area contributed by atoms with Crippen LogP contribution < -0.4 is 5.32 Å². The van der Waals surface area contributed by atoms with Crippen molar-refractivity contribution < 1.29 is 9.47 Å². The Morgan fingerprint density at radius 2 is 1.81 bits per heavy atom. The van der Waals surface area contributed by atoms with Crippen LogP contribution in [0.2, 0.25) is 0 Å². The molecule has 0 fully saturated rings. The van der Waals surface area contributed by atoms with Gasteiger partial charge in [0, 0.05) is 13.2 Å². The second kappa shape index (κ2) is 10.1. The summed E-state index contributed by atoms with van der Waals surface area (Å²) >= 11 is 0. The fourth-order valence-corrected chi connectivity index (χ4v) is 1.59. The molecule has 0 spiro atoms. The number of hydrogen-bond donors (Lipinski definition) is 1. The molecule has 0 saturated heterocycles. The summed E-state index contributed by atoms with van der Waals surface area (Å²) in [7, 11) is 1.71. The third kappa shape index (κ3) is 7.20. The molecule has 0 amide bonds. The van der Waals surface area contributed by atoms with E-state index in [-0.39, 0.29) is 6.10 Å². The Kier molecular flexibility index (Phi) is 9.99. The zero-order chi connectivity index (χ0) is 12.4. The van der Waals surface area contributed by atoms with E-state index in [1.54, 1.807) is 7.11 Å². The zero-order valence-corrected chi connectivity index (χ0v) is 11.6. The van der Waals surface area contributed by atoms with Gasteiger partial charge < -0.3 is 14.8 Å². The van der Waals surface area contributed by atoms with Crippen LogP contribution in [0.3, 0.4) is 0 Å². The van der Waals surface area contributed by atoms with Gasteiger partial charge in [-0.2, -0.15) is 0 Å². The standard InChI is InChI=1S/C13H29NO2/c1-6-8-14-13(11(3)7-2)10-16-12(4)9-15-5/h11-14H,6-10H2,1-5H3. The molecule has 0 bridgehead atoms. The van der Waals surface area contributed by atoms with Gasteiger partial charge in [-0.15, -0.1) is 0 Å². The van der Waals surface area contributed by atoms with Crippen molar-refractivity contribution in [2.75, 3.05) is 26.9 Å². The van der Waals surface area contributed by atoms with Gasteiger partial charge in [-0.3, -0.25) is 0 Å². The Balaban J connectivity index is 3.90. The normalized spacial score (nSPS) is 17.1. The van der Waals surface area contributed by atoms with E-state index >= 15 is 0 Å². The summed E-state index contributed by atoms with van der Waals surface area (Å²) in [6.45, 7) is 11.3. The average Bonchev–Trinajstić information content (AvgIpc) is 2.28. The largest absolute Gasteiger partial charge is 0.382 e. The summed E-state index contributed by atoms with van der Waals surface area (Å²) in [5, 5.41) is 3.55. The zero-order valence-electron chi connectivity index (χ0n) is 11.6. The summed E-state index contributed by atoms with van der Waals surface area (Å²) in [5.41, 5.74) is 0. The fourth-order valence-electron chi connectivity index (χ4n) is 1.59. The van der Waals surface area contributed by atoms with Crippen molar-refractivity contribution in [2.45, 2.75) is 52.7 Å². The van der Waals surface area contributed by atoms with Crippen LogP contribution in [0.4, 0.5) is 0 Å². The van der Waals surface area contributed by atoms with Crippen molar-refractivity contribution in [1.82, 2.24) is 5.32 Å². The van der Waals surface area contributed by atoms with Crippen LogP contribution in [0, 0.1) is 5.92 Å². The van der Waals surface area contributed by atoms with Gasteiger partial charge in [0.2, 0.25) is 0 Å². The second-order valence-corrected chi connectivity index (χ2v) is 4.55. The third-order valence-electron chi connectivity index (χ3n) is 2.95. The highest BCUT2D eigenvalue weighted by molar-refractivity contribution is 4.72. The van der Waals surface area contributed by atoms with Crippen LogP contribution in [0.15, 0.2) is 0 Å². The molecule has 3 unspecified atom stereocenters. The van der Waals surface area contributed by atoms with Crippen molar-refractivity contribution in [3.63, 3.8) is 0 Å². The first-order valence-electron chi connectivity index (χ1n) is 6.49. The summed E-state index contributed by atoms with van der Waals surface area (Å²) in [6, 6.07) is 0.462. The molecule has 3 atom stereocenters. The summed E-state index contributed by atoms with van der Waals surface area (Å²) < 4.78 is 10.8. The Morgan fingerprint density at radius 1 is 1.12 bits per heavy atom. The van der Waals surface area contributed by atoms with E-state index in [4.69, 9.17) is 9.47 Å². The van der Waals surface area contributed by atoms with Gasteiger partial charge in [-0.05, 0) is 25.8 Å². The molecular formula is C13H29NO2. The van der Waals surface area contributed by atoms with Crippen molar-refractivity contribution >= 4 is 0 Å². The highest BCUT2D eigenvalue weighted by atomic mass is 16.5. The minimum Gasteiger partial charge on any atom is -0.382 e. The molecule has 0 aliphatic carbocycles. The average molecular weight is 231 g/mol. The van der Waals surface area contributed by atoms with E-state index in [1.807, 2.05) is 0 Å². The maximum absolute atomic E-state index is 5.78. The van der Waals surface area contributed by atoms with Crippen molar-refractivity contribution in [3.8, 4) is 0 Å². The van der Waals surface area contributed by atoms with Gasteiger partial charge in [-0.1, -0.05) is 27.2 Å². The van der Waals surface area contributed by atoms with E-state index < -0.39 is 0 Å². The molecule has 0 aliphatic heterocycles. The van der Waals surface area contributed by atoms with Crippen molar-refractivity contribution in [2.24, 2.45) is 5.92 Å². The SMILES string of the molecule is CCCNC(COC(C)COC)C(C)CC. The molecule has 3 nitrogen and oxygen atoms in total. The summed E-state index contributed by atoms with van der Waals surface area (Å²) in [5.74, 6) is 0.654. The molecule has 0 aromatic rings. The molecule has 3 heteroatoms.